The molecule has 6 nitrogen and oxygen atoms in total. The maximum Gasteiger partial charge on any atom is 0.193 e. The maximum absolute atomic E-state index is 5.34. The van der Waals surface area contributed by atoms with Gasteiger partial charge in [0.2, 0.25) is 0 Å². The number of anilines is 1. The van der Waals surface area contributed by atoms with E-state index in [0.717, 1.165) is 60.9 Å². The topological polar surface area (TPSA) is 53.0 Å². The van der Waals surface area contributed by atoms with Crippen LogP contribution in [0.2, 0.25) is 0 Å². The van der Waals surface area contributed by atoms with Gasteiger partial charge in [-0.3, -0.25) is 4.99 Å². The predicted molar refractivity (Wildman–Crippen MR) is 131 cm³/mol. The Hall–Kier alpha value is -1.20. The third kappa shape index (κ3) is 6.70. The molecule has 28 heavy (non-hydrogen) atoms. The summed E-state index contributed by atoms with van der Waals surface area (Å²) in [5.74, 6) is 2.98. The number of nitrogens with zero attached hydrogens (tertiary/aromatic N) is 4. The van der Waals surface area contributed by atoms with Crippen LogP contribution in [0.25, 0.3) is 0 Å². The van der Waals surface area contributed by atoms with Crippen LogP contribution >= 0.6 is 47.1 Å². The molecule has 2 heterocycles. The average molecular weight is 534 g/mol. The second-order valence-electron chi connectivity index (χ2n) is 6.15. The van der Waals surface area contributed by atoms with Crippen molar-refractivity contribution in [1.29, 1.82) is 0 Å². The third-order valence-corrected chi connectivity index (χ3v) is 6.50. The Labute approximate surface area is 192 Å². The van der Waals surface area contributed by atoms with E-state index in [9.17, 15) is 0 Å². The minimum absolute atomic E-state index is 0. The van der Waals surface area contributed by atoms with E-state index in [1.54, 1.807) is 18.4 Å². The fraction of sp³-hybridized carbons (Fsp3) is 0.474. The molecule has 0 saturated carbocycles. The molecule has 0 spiro atoms. The monoisotopic (exact) mass is 533 g/mol. The van der Waals surface area contributed by atoms with E-state index < -0.39 is 0 Å². The summed E-state index contributed by atoms with van der Waals surface area (Å²) >= 11 is 3.52. The van der Waals surface area contributed by atoms with Gasteiger partial charge in [0.25, 0.3) is 0 Å². The minimum atomic E-state index is 0. The number of methoxy groups -OCH3 is 1. The van der Waals surface area contributed by atoms with Crippen LogP contribution < -0.4 is 15.0 Å². The lowest BCUT2D eigenvalue weighted by Crippen LogP contribution is -2.52. The van der Waals surface area contributed by atoms with E-state index in [1.165, 1.54) is 5.69 Å². The second-order valence-corrected chi connectivity index (χ2v) is 8.39. The molecule has 2 aromatic rings. The van der Waals surface area contributed by atoms with Crippen LogP contribution in [-0.4, -0.2) is 68.5 Å². The molecule has 1 fully saturated rings. The first kappa shape index (κ1) is 23.1. The molecule has 1 aromatic heterocycles. The molecule has 0 radical (unpaired) electrons. The highest BCUT2D eigenvalue weighted by Crippen LogP contribution is 2.22. The molecule has 1 N–H and O–H groups in total. The van der Waals surface area contributed by atoms with Crippen molar-refractivity contribution in [2.75, 3.05) is 57.5 Å². The number of hydrogen-bond acceptors (Lipinski definition) is 6. The zero-order valence-corrected chi connectivity index (χ0v) is 20.3. The Morgan fingerprint density at radius 2 is 2.14 bits per heavy atom. The Kier molecular flexibility index (Phi) is 10.2. The fourth-order valence-corrected chi connectivity index (χ4v) is 4.68. The van der Waals surface area contributed by atoms with Crippen molar-refractivity contribution >= 4 is 58.7 Å². The molecule has 3 rings (SSSR count). The van der Waals surface area contributed by atoms with Crippen molar-refractivity contribution in [1.82, 2.24) is 15.2 Å². The zero-order chi connectivity index (χ0) is 18.9. The summed E-state index contributed by atoms with van der Waals surface area (Å²) in [5, 5.41) is 5.52. The van der Waals surface area contributed by atoms with Crippen LogP contribution in [0.5, 0.6) is 5.75 Å². The number of guanidine groups is 1. The minimum Gasteiger partial charge on any atom is -0.497 e. The standard InChI is InChI=1S/C19H27N5OS2.HI/c1-20-18(21-7-4-13-26-19-22-8-14-27-19)24-11-9-23(10-12-24)16-5-3-6-17(15-16)25-2;/h3,5-6,8,14-15H,4,7,9-13H2,1-2H3,(H,20,21);1H. The van der Waals surface area contributed by atoms with E-state index in [0.29, 0.717) is 0 Å². The molecule has 9 heteroatoms. The summed E-state index contributed by atoms with van der Waals surface area (Å²) in [6, 6.07) is 8.28. The molecular weight excluding hydrogens is 505 g/mol. The van der Waals surface area contributed by atoms with Crippen molar-refractivity contribution in [2.45, 2.75) is 10.8 Å². The summed E-state index contributed by atoms with van der Waals surface area (Å²) in [6.45, 7) is 4.82. The van der Waals surface area contributed by atoms with Gasteiger partial charge in [-0.1, -0.05) is 17.8 Å². The molecule has 1 aliphatic rings. The van der Waals surface area contributed by atoms with E-state index in [4.69, 9.17) is 4.74 Å². The molecule has 0 amide bonds. The average Bonchev–Trinajstić information content (AvgIpc) is 3.24. The number of rotatable bonds is 7. The van der Waals surface area contributed by atoms with Crippen molar-refractivity contribution in [3.8, 4) is 5.75 Å². The number of thiazole rings is 1. The van der Waals surface area contributed by atoms with Crippen LogP contribution in [0.1, 0.15) is 6.42 Å². The van der Waals surface area contributed by atoms with Crippen molar-refractivity contribution in [3.63, 3.8) is 0 Å². The first-order valence-corrected chi connectivity index (χ1v) is 11.0. The lowest BCUT2D eigenvalue weighted by Gasteiger charge is -2.37. The van der Waals surface area contributed by atoms with Gasteiger partial charge in [0, 0.05) is 68.9 Å². The quantitative estimate of drug-likeness (QED) is 0.193. The Balaban J connectivity index is 0.00000280. The number of aliphatic imine (C=N–C) groups is 1. The van der Waals surface area contributed by atoms with Gasteiger partial charge in [-0.15, -0.1) is 35.3 Å². The molecule has 1 saturated heterocycles. The molecular formula is C19H28IN5OS2. The summed E-state index contributed by atoms with van der Waals surface area (Å²) in [5.41, 5.74) is 1.22. The highest BCUT2D eigenvalue weighted by Gasteiger charge is 2.19. The van der Waals surface area contributed by atoms with Gasteiger partial charge in [-0.25, -0.2) is 4.98 Å². The molecule has 0 unspecified atom stereocenters. The van der Waals surface area contributed by atoms with Crippen LogP contribution in [-0.2, 0) is 0 Å². The van der Waals surface area contributed by atoms with Gasteiger partial charge < -0.3 is 19.9 Å². The number of hydrogen-bond donors (Lipinski definition) is 1. The molecule has 1 aliphatic heterocycles. The van der Waals surface area contributed by atoms with E-state index in [1.807, 2.05) is 42.5 Å². The molecule has 154 valence electrons. The van der Waals surface area contributed by atoms with Gasteiger partial charge >= 0.3 is 0 Å². The van der Waals surface area contributed by atoms with Crippen LogP contribution in [0.3, 0.4) is 0 Å². The molecule has 1 aromatic carbocycles. The zero-order valence-electron chi connectivity index (χ0n) is 16.3. The smallest absolute Gasteiger partial charge is 0.193 e. The largest absolute Gasteiger partial charge is 0.497 e. The van der Waals surface area contributed by atoms with Crippen LogP contribution in [0.15, 0.2) is 45.2 Å². The Morgan fingerprint density at radius 1 is 1.32 bits per heavy atom. The number of ether oxygens (including phenoxy) is 1. The van der Waals surface area contributed by atoms with Gasteiger partial charge in [0.1, 0.15) is 10.1 Å². The number of nitrogens with one attached hydrogen (secondary N) is 1. The molecule has 0 atom stereocenters. The summed E-state index contributed by atoms with van der Waals surface area (Å²) < 4.78 is 6.49. The number of aromatic nitrogens is 1. The SMILES string of the molecule is CN=C(NCCCSc1nccs1)N1CCN(c2cccc(OC)c2)CC1.I. The number of piperazine rings is 1. The first-order chi connectivity index (χ1) is 13.3. The van der Waals surface area contributed by atoms with Gasteiger partial charge in [-0.2, -0.15) is 0 Å². The van der Waals surface area contributed by atoms with E-state index >= 15 is 0 Å². The Bertz CT molecular complexity index is 721. The molecule has 0 bridgehead atoms. The normalized spacial score (nSPS) is 14.6. The first-order valence-electron chi connectivity index (χ1n) is 9.17. The summed E-state index contributed by atoms with van der Waals surface area (Å²) in [4.78, 5) is 13.5. The van der Waals surface area contributed by atoms with Crippen LogP contribution in [0.4, 0.5) is 5.69 Å². The summed E-state index contributed by atoms with van der Waals surface area (Å²) in [6.07, 6.45) is 2.95. The van der Waals surface area contributed by atoms with Crippen LogP contribution in [0, 0.1) is 0 Å². The Morgan fingerprint density at radius 3 is 2.82 bits per heavy atom. The van der Waals surface area contributed by atoms with Gasteiger partial charge in [-0.05, 0) is 18.6 Å². The summed E-state index contributed by atoms with van der Waals surface area (Å²) in [7, 11) is 3.57. The van der Waals surface area contributed by atoms with E-state index in [2.05, 4.69) is 37.2 Å². The fourth-order valence-electron chi connectivity index (χ4n) is 3.03. The van der Waals surface area contributed by atoms with Crippen molar-refractivity contribution in [2.24, 2.45) is 4.99 Å². The third-order valence-electron chi connectivity index (χ3n) is 4.45. The number of thioether (sulfide) groups is 1. The van der Waals surface area contributed by atoms with Crippen molar-refractivity contribution in [3.05, 3.63) is 35.8 Å². The van der Waals surface area contributed by atoms with Gasteiger partial charge in [0.15, 0.2) is 5.96 Å². The van der Waals surface area contributed by atoms with E-state index in [-0.39, 0.29) is 24.0 Å². The van der Waals surface area contributed by atoms with Crippen molar-refractivity contribution < 1.29 is 4.74 Å². The highest BCUT2D eigenvalue weighted by atomic mass is 127. The maximum atomic E-state index is 5.34. The second kappa shape index (κ2) is 12.4. The number of benzene rings is 1. The predicted octanol–water partition coefficient (Wildman–Crippen LogP) is 3.65. The highest BCUT2D eigenvalue weighted by molar-refractivity contribution is 14.0. The lowest BCUT2D eigenvalue weighted by atomic mass is 10.2. The van der Waals surface area contributed by atoms with Gasteiger partial charge in [0.05, 0.1) is 7.11 Å². The number of halogens is 1. The lowest BCUT2D eigenvalue weighted by molar-refractivity contribution is 0.372. The molecule has 0 aliphatic carbocycles.